The summed E-state index contributed by atoms with van der Waals surface area (Å²) in [6.45, 7) is 10.0. The molecule has 0 radical (unpaired) electrons. The summed E-state index contributed by atoms with van der Waals surface area (Å²) in [5.41, 5.74) is 2.19. The molecule has 190 valence electrons. The van der Waals surface area contributed by atoms with Gasteiger partial charge in [-0.25, -0.2) is 9.07 Å². The standard InChI is InChI=1S/C27H36FN3O4/c1-20-25(18-30(15-16-33-5)17-23(32)19-34-27(2,3)4)26(35-24-13-11-21(28)12-14-24)31(29-20)22-9-7-6-8-10-22/h6-14,23,32H,15-19H2,1-5H3/t23-/m0/s1. The van der Waals surface area contributed by atoms with Crippen LogP contribution in [0.2, 0.25) is 0 Å². The Kier molecular flexibility index (Phi) is 9.40. The number of para-hydroxylation sites is 1. The number of hydrogen-bond acceptors (Lipinski definition) is 6. The zero-order valence-corrected chi connectivity index (χ0v) is 21.2. The van der Waals surface area contributed by atoms with Gasteiger partial charge in [-0.05, 0) is 64.1 Å². The third kappa shape index (κ3) is 8.14. The lowest BCUT2D eigenvalue weighted by Gasteiger charge is -2.27. The average molecular weight is 486 g/mol. The van der Waals surface area contributed by atoms with Gasteiger partial charge in [0.1, 0.15) is 11.6 Å². The summed E-state index contributed by atoms with van der Waals surface area (Å²) < 4.78 is 32.6. The topological polar surface area (TPSA) is 69.0 Å². The zero-order valence-electron chi connectivity index (χ0n) is 21.2. The van der Waals surface area contributed by atoms with Crippen LogP contribution in [0.3, 0.4) is 0 Å². The van der Waals surface area contributed by atoms with Crippen LogP contribution in [0.5, 0.6) is 11.6 Å². The highest BCUT2D eigenvalue weighted by molar-refractivity contribution is 5.43. The van der Waals surface area contributed by atoms with Gasteiger partial charge in [0.15, 0.2) is 0 Å². The second-order valence-electron chi connectivity index (χ2n) is 9.48. The van der Waals surface area contributed by atoms with Crippen LogP contribution >= 0.6 is 0 Å². The Hall–Kier alpha value is -2.78. The first kappa shape index (κ1) is 26.8. The van der Waals surface area contributed by atoms with Gasteiger partial charge in [0.2, 0.25) is 5.88 Å². The van der Waals surface area contributed by atoms with Crippen molar-refractivity contribution in [2.75, 3.05) is 33.4 Å². The summed E-state index contributed by atoms with van der Waals surface area (Å²) in [5, 5.41) is 15.4. The maximum Gasteiger partial charge on any atom is 0.227 e. The lowest BCUT2D eigenvalue weighted by molar-refractivity contribution is -0.0577. The Balaban J connectivity index is 1.91. The number of ether oxygens (including phenoxy) is 3. The number of aliphatic hydroxyl groups excluding tert-OH is 1. The predicted octanol–water partition coefficient (Wildman–Crippen LogP) is 4.74. The number of aromatic nitrogens is 2. The molecule has 35 heavy (non-hydrogen) atoms. The van der Waals surface area contributed by atoms with Crippen LogP contribution in [-0.4, -0.2) is 64.9 Å². The minimum absolute atomic E-state index is 0.230. The minimum atomic E-state index is -0.669. The average Bonchev–Trinajstić information content (AvgIpc) is 3.12. The van der Waals surface area contributed by atoms with Crippen molar-refractivity contribution in [3.8, 4) is 17.3 Å². The van der Waals surface area contributed by atoms with E-state index in [-0.39, 0.29) is 18.0 Å². The maximum atomic E-state index is 13.5. The van der Waals surface area contributed by atoms with E-state index in [0.717, 1.165) is 16.9 Å². The highest BCUT2D eigenvalue weighted by Crippen LogP contribution is 2.31. The SMILES string of the molecule is COCCN(Cc1c(C)nn(-c2ccccc2)c1Oc1ccc(F)cc1)C[C@H](O)COC(C)(C)C. The molecule has 3 aromatic rings. The van der Waals surface area contributed by atoms with E-state index in [9.17, 15) is 9.50 Å². The lowest BCUT2D eigenvalue weighted by Crippen LogP contribution is -2.38. The van der Waals surface area contributed by atoms with Crippen LogP contribution in [-0.2, 0) is 16.0 Å². The van der Waals surface area contributed by atoms with Crippen molar-refractivity contribution in [1.29, 1.82) is 0 Å². The van der Waals surface area contributed by atoms with E-state index < -0.39 is 6.10 Å². The molecular formula is C27H36FN3O4. The molecular weight excluding hydrogens is 449 g/mol. The van der Waals surface area contributed by atoms with E-state index >= 15 is 0 Å². The molecule has 1 heterocycles. The normalized spacial score (nSPS) is 12.8. The summed E-state index contributed by atoms with van der Waals surface area (Å²) in [5.74, 6) is 0.720. The fourth-order valence-corrected chi connectivity index (χ4v) is 3.56. The van der Waals surface area contributed by atoms with Gasteiger partial charge in [0.25, 0.3) is 0 Å². The van der Waals surface area contributed by atoms with Crippen LogP contribution in [0.25, 0.3) is 5.69 Å². The minimum Gasteiger partial charge on any atom is -0.439 e. The molecule has 0 unspecified atom stereocenters. The van der Waals surface area contributed by atoms with Crippen LogP contribution in [0.1, 0.15) is 32.0 Å². The van der Waals surface area contributed by atoms with E-state index in [1.54, 1.807) is 23.9 Å². The molecule has 0 amide bonds. The van der Waals surface area contributed by atoms with E-state index in [1.165, 1.54) is 12.1 Å². The highest BCUT2D eigenvalue weighted by Gasteiger charge is 2.23. The van der Waals surface area contributed by atoms with E-state index in [4.69, 9.17) is 19.3 Å². The van der Waals surface area contributed by atoms with Crippen molar-refractivity contribution in [1.82, 2.24) is 14.7 Å². The fraction of sp³-hybridized carbons (Fsp3) is 0.444. The quantitative estimate of drug-likeness (QED) is 0.400. The van der Waals surface area contributed by atoms with E-state index in [0.29, 0.717) is 37.9 Å². The molecule has 0 saturated carbocycles. The molecule has 2 aromatic carbocycles. The molecule has 0 bridgehead atoms. The van der Waals surface area contributed by atoms with Crippen molar-refractivity contribution < 1.29 is 23.7 Å². The molecule has 8 heteroatoms. The van der Waals surface area contributed by atoms with E-state index in [1.807, 2.05) is 58.0 Å². The first-order chi connectivity index (χ1) is 16.7. The maximum absolute atomic E-state index is 13.5. The summed E-state index contributed by atoms with van der Waals surface area (Å²) in [6, 6.07) is 15.6. The summed E-state index contributed by atoms with van der Waals surface area (Å²) >= 11 is 0. The Morgan fingerprint density at radius 3 is 2.40 bits per heavy atom. The number of benzene rings is 2. The Morgan fingerprint density at radius 1 is 1.09 bits per heavy atom. The number of rotatable bonds is 12. The smallest absolute Gasteiger partial charge is 0.227 e. The number of hydrogen-bond donors (Lipinski definition) is 1. The monoisotopic (exact) mass is 485 g/mol. The summed E-state index contributed by atoms with van der Waals surface area (Å²) in [6.07, 6.45) is -0.669. The molecule has 0 fully saturated rings. The fourth-order valence-electron chi connectivity index (χ4n) is 3.56. The lowest BCUT2D eigenvalue weighted by atomic mass is 10.2. The summed E-state index contributed by atoms with van der Waals surface area (Å²) in [4.78, 5) is 2.09. The van der Waals surface area contributed by atoms with Crippen LogP contribution in [0.4, 0.5) is 4.39 Å². The van der Waals surface area contributed by atoms with Gasteiger partial charge in [-0.3, -0.25) is 4.90 Å². The molecule has 3 rings (SSSR count). The van der Waals surface area contributed by atoms with Crippen molar-refractivity contribution in [2.45, 2.75) is 45.9 Å². The van der Waals surface area contributed by atoms with Crippen molar-refractivity contribution in [2.24, 2.45) is 0 Å². The molecule has 0 saturated heterocycles. The molecule has 0 aliphatic heterocycles. The van der Waals surface area contributed by atoms with Gasteiger partial charge >= 0.3 is 0 Å². The van der Waals surface area contributed by atoms with Gasteiger partial charge in [-0.15, -0.1) is 0 Å². The van der Waals surface area contributed by atoms with Gasteiger partial charge in [-0.2, -0.15) is 5.10 Å². The van der Waals surface area contributed by atoms with Crippen molar-refractivity contribution in [3.63, 3.8) is 0 Å². The van der Waals surface area contributed by atoms with Crippen molar-refractivity contribution in [3.05, 3.63) is 71.7 Å². The van der Waals surface area contributed by atoms with Gasteiger partial charge in [-0.1, -0.05) is 18.2 Å². The first-order valence-corrected chi connectivity index (χ1v) is 11.8. The number of aliphatic hydroxyl groups is 1. The van der Waals surface area contributed by atoms with Crippen molar-refractivity contribution >= 4 is 0 Å². The number of halogens is 1. The first-order valence-electron chi connectivity index (χ1n) is 11.8. The molecule has 0 aliphatic rings. The molecule has 0 aliphatic carbocycles. The van der Waals surface area contributed by atoms with Crippen LogP contribution in [0, 0.1) is 12.7 Å². The number of aryl methyl sites for hydroxylation is 1. The van der Waals surface area contributed by atoms with E-state index in [2.05, 4.69) is 4.90 Å². The number of nitrogens with zero attached hydrogens (tertiary/aromatic N) is 3. The summed E-state index contributed by atoms with van der Waals surface area (Å²) in [7, 11) is 1.65. The molecule has 0 spiro atoms. The van der Waals surface area contributed by atoms with Gasteiger partial charge in [0.05, 0.1) is 41.9 Å². The largest absolute Gasteiger partial charge is 0.439 e. The second-order valence-corrected chi connectivity index (χ2v) is 9.48. The molecule has 1 N–H and O–H groups in total. The number of methoxy groups -OCH3 is 1. The van der Waals surface area contributed by atoms with Crippen LogP contribution in [0.15, 0.2) is 54.6 Å². The third-order valence-corrected chi connectivity index (χ3v) is 5.34. The van der Waals surface area contributed by atoms with Crippen LogP contribution < -0.4 is 4.74 Å². The molecule has 7 nitrogen and oxygen atoms in total. The molecule has 1 atom stereocenters. The highest BCUT2D eigenvalue weighted by atomic mass is 19.1. The third-order valence-electron chi connectivity index (χ3n) is 5.34. The Labute approximate surface area is 207 Å². The second kappa shape index (κ2) is 12.3. The Bertz CT molecular complexity index is 1050. The predicted molar refractivity (Wildman–Crippen MR) is 134 cm³/mol. The van der Waals surface area contributed by atoms with Gasteiger partial charge < -0.3 is 19.3 Å². The molecule has 1 aromatic heterocycles. The van der Waals surface area contributed by atoms with Gasteiger partial charge in [0, 0.05) is 26.7 Å². The zero-order chi connectivity index (χ0) is 25.4. The Morgan fingerprint density at radius 2 is 1.77 bits per heavy atom.